The highest BCUT2D eigenvalue weighted by atomic mass is 79.9. The second-order valence-corrected chi connectivity index (χ2v) is 6.61. The number of carbonyl (C=O) groups is 2. The SMILES string of the molecule is CC(C)CC(CN)NC(=O)CCNC(=O)c1cc(F)ccc1Br. The molecule has 5 nitrogen and oxygen atoms in total. The summed E-state index contributed by atoms with van der Waals surface area (Å²) >= 11 is 3.20. The van der Waals surface area contributed by atoms with E-state index in [1.54, 1.807) is 0 Å². The van der Waals surface area contributed by atoms with Gasteiger partial charge in [0, 0.05) is 30.0 Å². The quantitative estimate of drug-likeness (QED) is 0.639. The first-order valence-corrected chi connectivity index (χ1v) is 8.35. The third-order valence-corrected chi connectivity index (χ3v) is 3.91. The van der Waals surface area contributed by atoms with E-state index in [0.717, 1.165) is 12.5 Å². The third kappa shape index (κ3) is 7.09. The summed E-state index contributed by atoms with van der Waals surface area (Å²) in [5.74, 6) is -0.647. The van der Waals surface area contributed by atoms with Crippen molar-refractivity contribution >= 4 is 27.7 Å². The normalized spacial score (nSPS) is 12.1. The number of benzene rings is 1. The Morgan fingerprint density at radius 3 is 2.65 bits per heavy atom. The number of amides is 2. The summed E-state index contributed by atoms with van der Waals surface area (Å²) < 4.78 is 13.7. The van der Waals surface area contributed by atoms with Crippen LogP contribution in [0.1, 0.15) is 37.0 Å². The first-order valence-electron chi connectivity index (χ1n) is 7.56. The molecule has 1 atom stereocenters. The summed E-state index contributed by atoms with van der Waals surface area (Å²) in [4.78, 5) is 23.8. The first-order chi connectivity index (χ1) is 10.8. The molecule has 0 aliphatic carbocycles. The molecule has 0 saturated heterocycles. The van der Waals surface area contributed by atoms with Crippen LogP contribution in [0.15, 0.2) is 22.7 Å². The fourth-order valence-electron chi connectivity index (χ4n) is 2.14. The number of carbonyl (C=O) groups excluding carboxylic acids is 2. The van der Waals surface area contributed by atoms with Crippen molar-refractivity contribution in [1.29, 1.82) is 0 Å². The van der Waals surface area contributed by atoms with E-state index < -0.39 is 11.7 Å². The smallest absolute Gasteiger partial charge is 0.252 e. The van der Waals surface area contributed by atoms with Gasteiger partial charge < -0.3 is 16.4 Å². The highest BCUT2D eigenvalue weighted by molar-refractivity contribution is 9.10. The molecular weight excluding hydrogens is 365 g/mol. The van der Waals surface area contributed by atoms with Crippen LogP contribution in [-0.4, -0.2) is 30.9 Å². The molecular formula is C16H23BrFN3O2. The summed E-state index contributed by atoms with van der Waals surface area (Å²) in [5, 5.41) is 5.45. The van der Waals surface area contributed by atoms with Gasteiger partial charge in [-0.1, -0.05) is 13.8 Å². The molecule has 0 saturated carbocycles. The van der Waals surface area contributed by atoms with Crippen LogP contribution in [0.3, 0.4) is 0 Å². The number of nitrogens with two attached hydrogens (primary N) is 1. The number of nitrogens with one attached hydrogen (secondary N) is 2. The molecule has 0 aliphatic heterocycles. The maximum atomic E-state index is 13.2. The lowest BCUT2D eigenvalue weighted by Gasteiger charge is -2.18. The van der Waals surface area contributed by atoms with Crippen molar-refractivity contribution in [3.05, 3.63) is 34.1 Å². The van der Waals surface area contributed by atoms with E-state index in [-0.39, 0.29) is 30.5 Å². The van der Waals surface area contributed by atoms with Crippen LogP contribution in [-0.2, 0) is 4.79 Å². The van der Waals surface area contributed by atoms with Gasteiger partial charge in [-0.3, -0.25) is 9.59 Å². The molecule has 0 bridgehead atoms. The van der Waals surface area contributed by atoms with Crippen molar-refractivity contribution in [1.82, 2.24) is 10.6 Å². The lowest BCUT2D eigenvalue weighted by atomic mass is 10.0. The van der Waals surface area contributed by atoms with Crippen LogP contribution in [0.2, 0.25) is 0 Å². The van der Waals surface area contributed by atoms with E-state index in [4.69, 9.17) is 5.73 Å². The van der Waals surface area contributed by atoms with Crippen molar-refractivity contribution in [2.75, 3.05) is 13.1 Å². The number of rotatable bonds is 8. The van der Waals surface area contributed by atoms with Gasteiger partial charge in [0.25, 0.3) is 5.91 Å². The van der Waals surface area contributed by atoms with Crippen LogP contribution < -0.4 is 16.4 Å². The van der Waals surface area contributed by atoms with E-state index >= 15 is 0 Å². The van der Waals surface area contributed by atoms with E-state index in [1.807, 2.05) is 0 Å². The highest BCUT2D eigenvalue weighted by Crippen LogP contribution is 2.17. The van der Waals surface area contributed by atoms with Crippen molar-refractivity contribution in [3.63, 3.8) is 0 Å². The van der Waals surface area contributed by atoms with E-state index in [9.17, 15) is 14.0 Å². The Morgan fingerprint density at radius 2 is 2.04 bits per heavy atom. The second kappa shape index (κ2) is 9.62. The molecule has 0 aliphatic rings. The monoisotopic (exact) mass is 387 g/mol. The molecule has 0 fully saturated rings. The fourth-order valence-corrected chi connectivity index (χ4v) is 2.57. The average Bonchev–Trinajstić information content (AvgIpc) is 2.48. The fraction of sp³-hybridized carbons (Fsp3) is 0.500. The lowest BCUT2D eigenvalue weighted by Crippen LogP contribution is -2.42. The molecule has 0 heterocycles. The predicted octanol–water partition coefficient (Wildman–Crippen LogP) is 2.20. The average molecular weight is 388 g/mol. The Morgan fingerprint density at radius 1 is 1.35 bits per heavy atom. The van der Waals surface area contributed by atoms with Gasteiger partial charge in [-0.15, -0.1) is 0 Å². The van der Waals surface area contributed by atoms with Gasteiger partial charge in [-0.2, -0.15) is 0 Å². The zero-order valence-corrected chi connectivity index (χ0v) is 15.0. The standard InChI is InChI=1S/C16H23BrFN3O2/c1-10(2)7-12(9-19)21-15(22)5-6-20-16(23)13-8-11(18)3-4-14(13)17/h3-4,8,10,12H,5-7,9,19H2,1-2H3,(H,20,23)(H,21,22). The van der Waals surface area contributed by atoms with Gasteiger partial charge >= 0.3 is 0 Å². The Kier molecular flexibility index (Phi) is 8.19. The molecule has 7 heteroatoms. The third-order valence-electron chi connectivity index (χ3n) is 3.22. The van der Waals surface area contributed by atoms with Crippen LogP contribution in [0.5, 0.6) is 0 Å². The molecule has 0 radical (unpaired) electrons. The molecule has 128 valence electrons. The first kappa shape index (κ1) is 19.6. The molecule has 1 unspecified atom stereocenters. The molecule has 1 aromatic carbocycles. The Balaban J connectivity index is 2.42. The molecule has 1 rings (SSSR count). The maximum Gasteiger partial charge on any atom is 0.252 e. The molecule has 0 spiro atoms. The zero-order chi connectivity index (χ0) is 17.4. The second-order valence-electron chi connectivity index (χ2n) is 5.76. The minimum absolute atomic E-state index is 0.0597. The number of hydrogen-bond donors (Lipinski definition) is 3. The van der Waals surface area contributed by atoms with Crippen molar-refractivity contribution < 1.29 is 14.0 Å². The van der Waals surface area contributed by atoms with Gasteiger partial charge in [0.05, 0.1) is 5.56 Å². The summed E-state index contributed by atoms with van der Waals surface area (Å²) in [6.07, 6.45) is 0.956. The summed E-state index contributed by atoms with van der Waals surface area (Å²) in [5.41, 5.74) is 5.83. The van der Waals surface area contributed by atoms with Crippen molar-refractivity contribution in [2.24, 2.45) is 11.7 Å². The molecule has 2 amide bonds. The van der Waals surface area contributed by atoms with Gasteiger partial charge in [-0.05, 0) is 46.5 Å². The molecule has 23 heavy (non-hydrogen) atoms. The van der Waals surface area contributed by atoms with Crippen molar-refractivity contribution in [2.45, 2.75) is 32.7 Å². The van der Waals surface area contributed by atoms with Crippen LogP contribution >= 0.6 is 15.9 Å². The summed E-state index contributed by atoms with van der Waals surface area (Å²) in [6, 6.07) is 3.81. The Labute approximate surface area is 144 Å². The zero-order valence-electron chi connectivity index (χ0n) is 13.4. The minimum Gasteiger partial charge on any atom is -0.352 e. The van der Waals surface area contributed by atoms with E-state index in [0.29, 0.717) is 16.9 Å². The van der Waals surface area contributed by atoms with E-state index in [2.05, 4.69) is 40.4 Å². The minimum atomic E-state index is -0.490. The van der Waals surface area contributed by atoms with Crippen LogP contribution in [0.4, 0.5) is 4.39 Å². The number of hydrogen-bond acceptors (Lipinski definition) is 3. The van der Waals surface area contributed by atoms with Gasteiger partial charge in [0.2, 0.25) is 5.91 Å². The molecule has 0 aromatic heterocycles. The largest absolute Gasteiger partial charge is 0.352 e. The number of halogens is 2. The highest BCUT2D eigenvalue weighted by Gasteiger charge is 2.14. The molecule has 4 N–H and O–H groups in total. The van der Waals surface area contributed by atoms with Gasteiger partial charge in [-0.25, -0.2) is 4.39 Å². The van der Waals surface area contributed by atoms with Crippen molar-refractivity contribution in [3.8, 4) is 0 Å². The van der Waals surface area contributed by atoms with Gasteiger partial charge in [0.1, 0.15) is 5.82 Å². The summed E-state index contributed by atoms with van der Waals surface area (Å²) in [7, 11) is 0. The molecule has 1 aromatic rings. The van der Waals surface area contributed by atoms with Crippen LogP contribution in [0.25, 0.3) is 0 Å². The maximum absolute atomic E-state index is 13.2. The Hall–Kier alpha value is -1.47. The van der Waals surface area contributed by atoms with Crippen LogP contribution in [0, 0.1) is 11.7 Å². The topological polar surface area (TPSA) is 84.2 Å². The lowest BCUT2D eigenvalue weighted by molar-refractivity contribution is -0.121. The summed E-state index contributed by atoms with van der Waals surface area (Å²) in [6.45, 7) is 4.68. The predicted molar refractivity (Wildman–Crippen MR) is 91.5 cm³/mol. The Bertz CT molecular complexity index is 552. The van der Waals surface area contributed by atoms with Gasteiger partial charge in [0.15, 0.2) is 0 Å². The van der Waals surface area contributed by atoms with E-state index in [1.165, 1.54) is 12.1 Å².